The molecule has 3 heterocycles. The number of ether oxygens (including phenoxy) is 1. The minimum absolute atomic E-state index is 0.00422. The van der Waals surface area contributed by atoms with Crippen LogP contribution in [0, 0.1) is 6.92 Å². The third-order valence-corrected chi connectivity index (χ3v) is 4.06. The number of nitrogens with zero attached hydrogens (tertiary/aromatic N) is 5. The van der Waals surface area contributed by atoms with Crippen LogP contribution in [-0.2, 0) is 0 Å². The number of pyridine rings is 1. The third kappa shape index (κ3) is 2.79. The van der Waals surface area contributed by atoms with Gasteiger partial charge in [-0.25, -0.2) is 0 Å². The van der Waals surface area contributed by atoms with Crippen LogP contribution in [-0.4, -0.2) is 50.8 Å². The number of methoxy groups -OCH3 is 1. The number of likely N-dealkylation sites (tertiary alicyclic amines) is 1. The predicted octanol–water partition coefficient (Wildman–Crippen LogP) is 1.47. The predicted molar refractivity (Wildman–Crippen MR) is 79.7 cm³/mol. The summed E-state index contributed by atoms with van der Waals surface area (Å²) in [6, 6.07) is 2.15. The second kappa shape index (κ2) is 6.13. The van der Waals surface area contributed by atoms with Crippen molar-refractivity contribution in [3.05, 3.63) is 36.2 Å². The summed E-state index contributed by atoms with van der Waals surface area (Å²) in [6.07, 6.45) is 6.87. The van der Waals surface area contributed by atoms with Crippen molar-refractivity contribution in [2.75, 3.05) is 20.2 Å². The Balaban J connectivity index is 1.71. The van der Waals surface area contributed by atoms with Gasteiger partial charge in [0.05, 0.1) is 18.9 Å². The van der Waals surface area contributed by atoms with Crippen LogP contribution in [0.3, 0.4) is 0 Å². The van der Waals surface area contributed by atoms with Crippen molar-refractivity contribution in [1.29, 1.82) is 0 Å². The first kappa shape index (κ1) is 14.5. The second-order valence-electron chi connectivity index (χ2n) is 5.46. The van der Waals surface area contributed by atoms with Crippen molar-refractivity contribution in [3.8, 4) is 5.75 Å². The number of carbonyl (C=O) groups is 1. The van der Waals surface area contributed by atoms with Gasteiger partial charge in [0.1, 0.15) is 18.4 Å². The van der Waals surface area contributed by atoms with E-state index in [1.807, 2.05) is 16.4 Å². The first-order valence-corrected chi connectivity index (χ1v) is 7.33. The first-order chi connectivity index (χ1) is 10.7. The molecule has 1 aliphatic heterocycles. The van der Waals surface area contributed by atoms with Gasteiger partial charge in [0.25, 0.3) is 5.91 Å². The van der Waals surface area contributed by atoms with Gasteiger partial charge in [-0.2, -0.15) is 0 Å². The molecule has 2 aromatic rings. The fourth-order valence-corrected chi connectivity index (χ4v) is 2.81. The number of piperidine rings is 1. The largest absolute Gasteiger partial charge is 0.494 e. The summed E-state index contributed by atoms with van der Waals surface area (Å²) in [6.45, 7) is 3.30. The molecule has 3 rings (SSSR count). The van der Waals surface area contributed by atoms with Crippen molar-refractivity contribution >= 4 is 5.91 Å². The van der Waals surface area contributed by atoms with E-state index < -0.39 is 0 Å². The van der Waals surface area contributed by atoms with Gasteiger partial charge >= 0.3 is 0 Å². The number of aryl methyl sites for hydroxylation is 1. The molecule has 2 aromatic heterocycles. The lowest BCUT2D eigenvalue weighted by Gasteiger charge is -2.32. The molecular weight excluding hydrogens is 282 g/mol. The molecule has 0 N–H and O–H groups in total. The summed E-state index contributed by atoms with van der Waals surface area (Å²) in [7, 11) is 1.56. The zero-order valence-electron chi connectivity index (χ0n) is 12.8. The Morgan fingerprint density at radius 3 is 2.59 bits per heavy atom. The van der Waals surface area contributed by atoms with Crippen molar-refractivity contribution in [1.82, 2.24) is 24.6 Å². The number of carbonyl (C=O) groups excluding carboxylic acids is 1. The minimum Gasteiger partial charge on any atom is -0.494 e. The zero-order chi connectivity index (χ0) is 15.5. The second-order valence-corrected chi connectivity index (χ2v) is 5.46. The van der Waals surface area contributed by atoms with E-state index in [0.29, 0.717) is 30.4 Å². The van der Waals surface area contributed by atoms with Crippen LogP contribution < -0.4 is 4.74 Å². The molecule has 22 heavy (non-hydrogen) atoms. The molecule has 0 radical (unpaired) electrons. The Morgan fingerprint density at radius 2 is 1.95 bits per heavy atom. The van der Waals surface area contributed by atoms with Crippen LogP contribution >= 0.6 is 0 Å². The molecule has 7 nitrogen and oxygen atoms in total. The van der Waals surface area contributed by atoms with Gasteiger partial charge < -0.3 is 14.2 Å². The van der Waals surface area contributed by atoms with Gasteiger partial charge in [-0.15, -0.1) is 10.2 Å². The Hall–Kier alpha value is -2.44. The quantitative estimate of drug-likeness (QED) is 0.858. The smallest absolute Gasteiger partial charge is 0.257 e. The average molecular weight is 301 g/mol. The van der Waals surface area contributed by atoms with Gasteiger partial charge in [0.15, 0.2) is 0 Å². The van der Waals surface area contributed by atoms with E-state index in [2.05, 4.69) is 15.2 Å². The molecule has 0 bridgehead atoms. The van der Waals surface area contributed by atoms with Crippen LogP contribution in [0.25, 0.3) is 0 Å². The molecule has 0 aromatic carbocycles. The van der Waals surface area contributed by atoms with Crippen molar-refractivity contribution in [3.63, 3.8) is 0 Å². The zero-order valence-corrected chi connectivity index (χ0v) is 12.8. The number of amides is 1. The van der Waals surface area contributed by atoms with Crippen LogP contribution in [0.1, 0.15) is 34.9 Å². The maximum Gasteiger partial charge on any atom is 0.257 e. The topological polar surface area (TPSA) is 73.1 Å². The van der Waals surface area contributed by atoms with E-state index >= 15 is 0 Å². The molecule has 0 unspecified atom stereocenters. The third-order valence-electron chi connectivity index (χ3n) is 4.06. The molecule has 1 aliphatic rings. The molecule has 1 amide bonds. The molecule has 0 atom stereocenters. The highest BCUT2D eigenvalue weighted by Gasteiger charge is 2.26. The molecule has 7 heteroatoms. The molecule has 0 aliphatic carbocycles. The standard InChI is InChI=1S/C15H19N5O2/c1-11-7-13(14(22-2)8-16-11)15(21)19-5-3-12(4-6-19)20-9-17-18-10-20/h7-10,12H,3-6H2,1-2H3. The number of rotatable bonds is 3. The monoisotopic (exact) mass is 301 g/mol. The fraction of sp³-hybridized carbons (Fsp3) is 0.467. The summed E-state index contributed by atoms with van der Waals surface area (Å²) in [5.41, 5.74) is 1.39. The average Bonchev–Trinajstić information content (AvgIpc) is 3.09. The van der Waals surface area contributed by atoms with Crippen molar-refractivity contribution in [2.45, 2.75) is 25.8 Å². The Bertz CT molecular complexity index is 648. The lowest BCUT2D eigenvalue weighted by molar-refractivity contribution is 0.0691. The minimum atomic E-state index is 0.00422. The maximum atomic E-state index is 12.7. The number of hydrogen-bond donors (Lipinski definition) is 0. The molecule has 1 saturated heterocycles. The van der Waals surface area contributed by atoms with Crippen molar-refractivity contribution in [2.24, 2.45) is 0 Å². The molecule has 0 saturated carbocycles. The summed E-state index contributed by atoms with van der Waals surface area (Å²) in [4.78, 5) is 18.8. The lowest BCUT2D eigenvalue weighted by Crippen LogP contribution is -2.39. The lowest BCUT2D eigenvalue weighted by atomic mass is 10.0. The highest BCUT2D eigenvalue weighted by Crippen LogP contribution is 2.25. The van der Waals surface area contributed by atoms with Crippen LogP contribution in [0.2, 0.25) is 0 Å². The summed E-state index contributed by atoms with van der Waals surface area (Å²) >= 11 is 0. The van der Waals surface area contributed by atoms with E-state index in [0.717, 1.165) is 18.5 Å². The Kier molecular flexibility index (Phi) is 4.04. The fourth-order valence-electron chi connectivity index (χ4n) is 2.81. The van der Waals surface area contributed by atoms with Crippen LogP contribution in [0.15, 0.2) is 24.9 Å². The molecule has 1 fully saturated rings. The highest BCUT2D eigenvalue weighted by atomic mass is 16.5. The van der Waals surface area contributed by atoms with Gasteiger partial charge in [-0.05, 0) is 25.8 Å². The maximum absolute atomic E-state index is 12.7. The van der Waals surface area contributed by atoms with Gasteiger partial charge in [0, 0.05) is 24.8 Å². The highest BCUT2D eigenvalue weighted by molar-refractivity contribution is 5.97. The van der Waals surface area contributed by atoms with Crippen molar-refractivity contribution < 1.29 is 9.53 Å². The van der Waals surface area contributed by atoms with Crippen LogP contribution in [0.5, 0.6) is 5.75 Å². The summed E-state index contributed by atoms with van der Waals surface area (Å²) in [5, 5.41) is 7.68. The number of hydrogen-bond acceptors (Lipinski definition) is 5. The summed E-state index contributed by atoms with van der Waals surface area (Å²) < 4.78 is 7.27. The van der Waals surface area contributed by atoms with Gasteiger partial charge in [0.2, 0.25) is 0 Å². The van der Waals surface area contributed by atoms with Gasteiger partial charge in [-0.3, -0.25) is 9.78 Å². The SMILES string of the molecule is COc1cnc(C)cc1C(=O)N1CCC(n2cnnc2)CC1. The van der Waals surface area contributed by atoms with E-state index in [-0.39, 0.29) is 5.91 Å². The number of aromatic nitrogens is 4. The Labute approximate surface area is 128 Å². The van der Waals surface area contributed by atoms with E-state index in [1.165, 1.54) is 0 Å². The summed E-state index contributed by atoms with van der Waals surface area (Å²) in [5.74, 6) is 0.529. The van der Waals surface area contributed by atoms with E-state index in [4.69, 9.17) is 4.74 Å². The van der Waals surface area contributed by atoms with Gasteiger partial charge in [-0.1, -0.05) is 0 Å². The van der Waals surface area contributed by atoms with Crippen LogP contribution in [0.4, 0.5) is 0 Å². The molecule has 0 spiro atoms. The normalized spacial score (nSPS) is 15.8. The molecule has 116 valence electrons. The van der Waals surface area contributed by atoms with E-state index in [9.17, 15) is 4.79 Å². The first-order valence-electron chi connectivity index (χ1n) is 7.33. The Morgan fingerprint density at radius 1 is 1.27 bits per heavy atom. The molecular formula is C15H19N5O2. The van der Waals surface area contributed by atoms with E-state index in [1.54, 1.807) is 32.0 Å².